The van der Waals surface area contributed by atoms with Gasteiger partial charge in [-0.05, 0) is 42.5 Å². The number of aromatic nitrogens is 2. The van der Waals surface area contributed by atoms with E-state index in [0.717, 1.165) is 28.5 Å². The highest BCUT2D eigenvalue weighted by atomic mass is 32.1. The fourth-order valence-corrected chi connectivity index (χ4v) is 2.32. The van der Waals surface area contributed by atoms with Crippen molar-refractivity contribution in [3.63, 3.8) is 0 Å². The van der Waals surface area contributed by atoms with Gasteiger partial charge in [0.25, 0.3) is 5.91 Å². The Kier molecular flexibility index (Phi) is 3.30. The third-order valence-corrected chi connectivity index (χ3v) is 3.42. The van der Waals surface area contributed by atoms with Crippen LogP contribution in [0.15, 0.2) is 42.5 Å². The third-order valence-electron chi connectivity index (χ3n) is 2.86. The summed E-state index contributed by atoms with van der Waals surface area (Å²) in [5, 5.41) is 2.83. The first kappa shape index (κ1) is 12.6. The first-order valence-electron chi connectivity index (χ1n) is 5.94. The Hall–Kier alpha value is -2.47. The largest absolute Gasteiger partial charge is 0.497 e. The lowest BCUT2D eigenvalue weighted by molar-refractivity contribution is 0.102. The average Bonchev–Trinajstić information content (AvgIpc) is 2.95. The van der Waals surface area contributed by atoms with Crippen molar-refractivity contribution in [2.45, 2.75) is 0 Å². The van der Waals surface area contributed by atoms with E-state index in [1.54, 1.807) is 37.4 Å². The second kappa shape index (κ2) is 5.26. The molecule has 3 aromatic rings. The van der Waals surface area contributed by atoms with E-state index in [-0.39, 0.29) is 5.91 Å². The molecule has 0 radical (unpaired) electrons. The molecule has 20 heavy (non-hydrogen) atoms. The van der Waals surface area contributed by atoms with Crippen LogP contribution < -0.4 is 10.1 Å². The molecule has 0 unspecified atom stereocenters. The van der Waals surface area contributed by atoms with Gasteiger partial charge in [0.2, 0.25) is 0 Å². The quantitative estimate of drug-likeness (QED) is 0.803. The van der Waals surface area contributed by atoms with Crippen LogP contribution in [0, 0.1) is 0 Å². The Morgan fingerprint density at radius 1 is 1.10 bits per heavy atom. The molecule has 0 atom stereocenters. The highest BCUT2D eigenvalue weighted by molar-refractivity contribution is 7.00. The minimum atomic E-state index is -0.171. The van der Waals surface area contributed by atoms with Gasteiger partial charge < -0.3 is 10.1 Å². The summed E-state index contributed by atoms with van der Waals surface area (Å²) >= 11 is 1.15. The lowest BCUT2D eigenvalue weighted by Crippen LogP contribution is -2.11. The summed E-state index contributed by atoms with van der Waals surface area (Å²) in [6.45, 7) is 0. The van der Waals surface area contributed by atoms with Crippen molar-refractivity contribution in [1.29, 1.82) is 0 Å². The molecular weight excluding hydrogens is 274 g/mol. The fraction of sp³-hybridized carbons (Fsp3) is 0.0714. The highest BCUT2D eigenvalue weighted by Gasteiger charge is 2.07. The Morgan fingerprint density at radius 3 is 2.60 bits per heavy atom. The lowest BCUT2D eigenvalue weighted by Gasteiger charge is -2.06. The van der Waals surface area contributed by atoms with Gasteiger partial charge in [0.15, 0.2) is 0 Å². The molecule has 0 saturated carbocycles. The van der Waals surface area contributed by atoms with E-state index in [9.17, 15) is 4.79 Å². The van der Waals surface area contributed by atoms with Crippen LogP contribution in [0.5, 0.6) is 5.75 Å². The summed E-state index contributed by atoms with van der Waals surface area (Å²) in [6, 6.07) is 12.4. The number of amides is 1. The van der Waals surface area contributed by atoms with Crippen molar-refractivity contribution in [2.24, 2.45) is 0 Å². The van der Waals surface area contributed by atoms with Gasteiger partial charge in [0.05, 0.1) is 18.8 Å². The maximum absolute atomic E-state index is 12.1. The SMILES string of the molecule is COc1ccc(C(=O)Nc2ccc3nsnc3c2)cc1. The highest BCUT2D eigenvalue weighted by Crippen LogP contribution is 2.18. The fourth-order valence-electron chi connectivity index (χ4n) is 1.81. The average molecular weight is 285 g/mol. The maximum Gasteiger partial charge on any atom is 0.255 e. The predicted molar refractivity (Wildman–Crippen MR) is 78.4 cm³/mol. The van der Waals surface area contributed by atoms with E-state index in [1.807, 2.05) is 12.1 Å². The number of hydrogen-bond donors (Lipinski definition) is 1. The van der Waals surface area contributed by atoms with Crippen molar-refractivity contribution in [3.05, 3.63) is 48.0 Å². The zero-order chi connectivity index (χ0) is 13.9. The zero-order valence-electron chi connectivity index (χ0n) is 10.7. The minimum Gasteiger partial charge on any atom is -0.497 e. The van der Waals surface area contributed by atoms with Gasteiger partial charge in [0.1, 0.15) is 16.8 Å². The minimum absolute atomic E-state index is 0.171. The third kappa shape index (κ3) is 2.46. The van der Waals surface area contributed by atoms with E-state index in [4.69, 9.17) is 4.74 Å². The molecule has 0 aliphatic rings. The Balaban J connectivity index is 1.80. The van der Waals surface area contributed by atoms with E-state index in [2.05, 4.69) is 14.1 Å². The number of benzene rings is 2. The summed E-state index contributed by atoms with van der Waals surface area (Å²) in [5.74, 6) is 0.548. The second-order valence-electron chi connectivity index (χ2n) is 4.15. The van der Waals surface area contributed by atoms with E-state index in [0.29, 0.717) is 11.3 Å². The van der Waals surface area contributed by atoms with Gasteiger partial charge >= 0.3 is 0 Å². The number of anilines is 1. The van der Waals surface area contributed by atoms with Crippen LogP contribution in [0.3, 0.4) is 0 Å². The summed E-state index contributed by atoms with van der Waals surface area (Å²) in [6.07, 6.45) is 0. The summed E-state index contributed by atoms with van der Waals surface area (Å²) < 4.78 is 13.3. The van der Waals surface area contributed by atoms with Gasteiger partial charge in [-0.15, -0.1) is 0 Å². The number of carbonyl (C=O) groups excluding carboxylic acids is 1. The molecule has 1 N–H and O–H groups in total. The summed E-state index contributed by atoms with van der Waals surface area (Å²) in [4.78, 5) is 12.1. The molecular formula is C14H11N3O2S. The Morgan fingerprint density at radius 2 is 1.85 bits per heavy atom. The summed E-state index contributed by atoms with van der Waals surface area (Å²) in [5.41, 5.74) is 2.88. The van der Waals surface area contributed by atoms with E-state index >= 15 is 0 Å². The molecule has 0 aliphatic heterocycles. The monoisotopic (exact) mass is 285 g/mol. The molecule has 2 aromatic carbocycles. The normalized spacial score (nSPS) is 10.4. The van der Waals surface area contributed by atoms with Gasteiger partial charge in [-0.2, -0.15) is 8.75 Å². The Labute approximate surface area is 119 Å². The van der Waals surface area contributed by atoms with Crippen LogP contribution in [0.4, 0.5) is 5.69 Å². The number of nitrogens with one attached hydrogen (secondary N) is 1. The number of ether oxygens (including phenoxy) is 1. The number of rotatable bonds is 3. The van der Waals surface area contributed by atoms with E-state index < -0.39 is 0 Å². The van der Waals surface area contributed by atoms with Crippen molar-refractivity contribution in [2.75, 3.05) is 12.4 Å². The number of methoxy groups -OCH3 is 1. The lowest BCUT2D eigenvalue weighted by atomic mass is 10.2. The number of carbonyl (C=O) groups is 1. The molecule has 0 saturated heterocycles. The zero-order valence-corrected chi connectivity index (χ0v) is 11.5. The predicted octanol–water partition coefficient (Wildman–Crippen LogP) is 2.95. The van der Waals surface area contributed by atoms with Crippen molar-refractivity contribution in [1.82, 2.24) is 8.75 Å². The second-order valence-corrected chi connectivity index (χ2v) is 4.68. The van der Waals surface area contributed by atoms with Crippen LogP contribution in [-0.4, -0.2) is 21.8 Å². The van der Waals surface area contributed by atoms with Gasteiger partial charge in [-0.1, -0.05) is 0 Å². The van der Waals surface area contributed by atoms with Crippen LogP contribution >= 0.6 is 11.7 Å². The van der Waals surface area contributed by atoms with Gasteiger partial charge in [-0.25, -0.2) is 0 Å². The van der Waals surface area contributed by atoms with Crippen molar-refractivity contribution < 1.29 is 9.53 Å². The topological polar surface area (TPSA) is 64.1 Å². The number of hydrogen-bond acceptors (Lipinski definition) is 5. The first-order chi connectivity index (χ1) is 9.76. The number of nitrogens with zero attached hydrogens (tertiary/aromatic N) is 2. The van der Waals surface area contributed by atoms with Crippen LogP contribution in [0.2, 0.25) is 0 Å². The molecule has 1 heterocycles. The first-order valence-corrected chi connectivity index (χ1v) is 6.67. The summed E-state index contributed by atoms with van der Waals surface area (Å²) in [7, 11) is 1.59. The van der Waals surface area contributed by atoms with Gasteiger partial charge in [-0.3, -0.25) is 4.79 Å². The standard InChI is InChI=1S/C14H11N3O2S/c1-19-11-5-2-9(3-6-11)14(18)15-10-4-7-12-13(8-10)17-20-16-12/h2-8H,1H3,(H,15,18). The van der Waals surface area contributed by atoms with Crippen LogP contribution in [0.25, 0.3) is 11.0 Å². The molecule has 3 rings (SSSR count). The molecule has 1 aromatic heterocycles. The smallest absolute Gasteiger partial charge is 0.255 e. The molecule has 1 amide bonds. The molecule has 6 heteroatoms. The van der Waals surface area contributed by atoms with Crippen LogP contribution in [-0.2, 0) is 0 Å². The van der Waals surface area contributed by atoms with Crippen LogP contribution in [0.1, 0.15) is 10.4 Å². The molecule has 0 spiro atoms. The van der Waals surface area contributed by atoms with Crippen molar-refractivity contribution >= 4 is 34.4 Å². The van der Waals surface area contributed by atoms with E-state index in [1.165, 1.54) is 0 Å². The maximum atomic E-state index is 12.1. The van der Waals surface area contributed by atoms with Gasteiger partial charge in [0, 0.05) is 11.3 Å². The molecule has 0 bridgehead atoms. The molecule has 0 fully saturated rings. The van der Waals surface area contributed by atoms with Crippen molar-refractivity contribution in [3.8, 4) is 5.75 Å². The molecule has 100 valence electrons. The molecule has 5 nitrogen and oxygen atoms in total. The Bertz CT molecular complexity index is 752. The molecule has 0 aliphatic carbocycles. The number of fused-ring (bicyclic) bond motifs is 1.